The molecule has 2 aromatic rings. The Bertz CT molecular complexity index is 727. The number of rotatable bonds is 7. The van der Waals surface area contributed by atoms with Gasteiger partial charge in [0, 0.05) is 0 Å². The Labute approximate surface area is 146 Å². The minimum Gasteiger partial charge on any atom is -0.497 e. The highest BCUT2D eigenvalue weighted by Crippen LogP contribution is 2.19. The first kappa shape index (κ1) is 18.3. The molecule has 1 amide bonds. The second kappa shape index (κ2) is 8.73. The van der Waals surface area contributed by atoms with Gasteiger partial charge < -0.3 is 19.5 Å². The standard InChI is InChI=1S/C19H21NO5/c1-13(14-8-10-15(23-2)11-9-14)20-18(21)12-25-19(22)16-6-4-5-7-17(16)24-3/h4-11,13H,12H2,1-3H3,(H,20,21)/t13-/m0/s1. The van der Waals surface area contributed by atoms with Crippen LogP contribution in [0.3, 0.4) is 0 Å². The topological polar surface area (TPSA) is 73.9 Å². The van der Waals surface area contributed by atoms with Gasteiger partial charge in [-0.15, -0.1) is 0 Å². The summed E-state index contributed by atoms with van der Waals surface area (Å²) < 4.78 is 15.3. The molecule has 0 unspecified atom stereocenters. The van der Waals surface area contributed by atoms with E-state index in [0.717, 1.165) is 11.3 Å². The van der Waals surface area contributed by atoms with Gasteiger partial charge in [-0.2, -0.15) is 0 Å². The summed E-state index contributed by atoms with van der Waals surface area (Å²) in [7, 11) is 3.06. The van der Waals surface area contributed by atoms with Crippen LogP contribution < -0.4 is 14.8 Å². The molecular weight excluding hydrogens is 322 g/mol. The zero-order valence-electron chi connectivity index (χ0n) is 14.4. The SMILES string of the molecule is COc1ccc([C@H](C)NC(=O)COC(=O)c2ccccc2OC)cc1. The number of esters is 1. The van der Waals surface area contributed by atoms with Gasteiger partial charge in [0.15, 0.2) is 6.61 Å². The van der Waals surface area contributed by atoms with E-state index in [2.05, 4.69) is 5.32 Å². The van der Waals surface area contributed by atoms with Crippen LogP contribution in [0, 0.1) is 0 Å². The Morgan fingerprint density at radius 3 is 2.32 bits per heavy atom. The van der Waals surface area contributed by atoms with Crippen molar-refractivity contribution in [2.24, 2.45) is 0 Å². The van der Waals surface area contributed by atoms with Crippen LogP contribution in [0.2, 0.25) is 0 Å². The summed E-state index contributed by atoms with van der Waals surface area (Å²) in [5.74, 6) is 0.156. The normalized spacial score (nSPS) is 11.3. The quantitative estimate of drug-likeness (QED) is 0.783. The number of methoxy groups -OCH3 is 2. The second-order valence-electron chi connectivity index (χ2n) is 5.34. The molecule has 1 N–H and O–H groups in total. The van der Waals surface area contributed by atoms with E-state index in [1.54, 1.807) is 31.4 Å². The van der Waals surface area contributed by atoms with Gasteiger partial charge in [-0.3, -0.25) is 4.79 Å². The number of hydrogen-bond acceptors (Lipinski definition) is 5. The van der Waals surface area contributed by atoms with Crippen molar-refractivity contribution in [2.45, 2.75) is 13.0 Å². The summed E-state index contributed by atoms with van der Waals surface area (Å²) in [4.78, 5) is 24.1. The van der Waals surface area contributed by atoms with Gasteiger partial charge in [0.25, 0.3) is 5.91 Å². The highest BCUT2D eigenvalue weighted by atomic mass is 16.5. The monoisotopic (exact) mass is 343 g/mol. The van der Waals surface area contributed by atoms with Crippen molar-refractivity contribution in [3.8, 4) is 11.5 Å². The molecule has 0 spiro atoms. The molecule has 0 saturated heterocycles. The molecule has 1 atom stereocenters. The van der Waals surface area contributed by atoms with E-state index < -0.39 is 5.97 Å². The van der Waals surface area contributed by atoms with Gasteiger partial charge >= 0.3 is 5.97 Å². The number of carbonyl (C=O) groups excluding carboxylic acids is 2. The Hall–Kier alpha value is -3.02. The molecule has 132 valence electrons. The van der Waals surface area contributed by atoms with Gasteiger partial charge in [-0.05, 0) is 36.8 Å². The lowest BCUT2D eigenvalue weighted by Crippen LogP contribution is -2.31. The lowest BCUT2D eigenvalue weighted by atomic mass is 10.1. The third kappa shape index (κ3) is 4.97. The average molecular weight is 343 g/mol. The maximum Gasteiger partial charge on any atom is 0.342 e. The van der Waals surface area contributed by atoms with Crippen LogP contribution in [0.4, 0.5) is 0 Å². The number of ether oxygens (including phenoxy) is 3. The van der Waals surface area contributed by atoms with Crippen molar-refractivity contribution >= 4 is 11.9 Å². The summed E-state index contributed by atoms with van der Waals surface area (Å²) >= 11 is 0. The van der Waals surface area contributed by atoms with Gasteiger partial charge in [0.05, 0.1) is 20.3 Å². The predicted molar refractivity (Wildman–Crippen MR) is 92.8 cm³/mol. The lowest BCUT2D eigenvalue weighted by molar-refractivity contribution is -0.124. The Kier molecular flexibility index (Phi) is 6.39. The van der Waals surface area contributed by atoms with Crippen LogP contribution >= 0.6 is 0 Å². The molecule has 6 heteroatoms. The molecule has 2 aromatic carbocycles. The molecule has 0 radical (unpaired) electrons. The Morgan fingerprint density at radius 2 is 1.68 bits per heavy atom. The summed E-state index contributed by atoms with van der Waals surface area (Å²) in [6, 6.07) is 13.8. The van der Waals surface area contributed by atoms with Crippen molar-refractivity contribution in [2.75, 3.05) is 20.8 Å². The van der Waals surface area contributed by atoms with Crippen LogP contribution in [0.15, 0.2) is 48.5 Å². The third-order valence-corrected chi connectivity index (χ3v) is 3.65. The molecule has 0 bridgehead atoms. The molecule has 0 heterocycles. The number of nitrogens with one attached hydrogen (secondary N) is 1. The van der Waals surface area contributed by atoms with E-state index in [1.165, 1.54) is 7.11 Å². The van der Waals surface area contributed by atoms with E-state index in [1.807, 2.05) is 31.2 Å². The number of benzene rings is 2. The van der Waals surface area contributed by atoms with Gasteiger partial charge in [-0.1, -0.05) is 24.3 Å². The lowest BCUT2D eigenvalue weighted by Gasteiger charge is -2.15. The molecule has 6 nitrogen and oxygen atoms in total. The van der Waals surface area contributed by atoms with Crippen LogP contribution in [0.25, 0.3) is 0 Å². The van der Waals surface area contributed by atoms with Crippen LogP contribution in [0.1, 0.15) is 28.9 Å². The van der Waals surface area contributed by atoms with Crippen molar-refractivity contribution in [3.63, 3.8) is 0 Å². The summed E-state index contributed by atoms with van der Waals surface area (Å²) in [6.45, 7) is 1.49. The number of carbonyl (C=O) groups is 2. The number of hydrogen-bond donors (Lipinski definition) is 1. The third-order valence-electron chi connectivity index (χ3n) is 3.65. The summed E-state index contributed by atoms with van der Waals surface area (Å²) in [5, 5.41) is 2.78. The Morgan fingerprint density at radius 1 is 1.00 bits per heavy atom. The molecule has 0 saturated carbocycles. The maximum absolute atomic E-state index is 12.1. The molecule has 25 heavy (non-hydrogen) atoms. The molecule has 0 aromatic heterocycles. The first-order chi connectivity index (χ1) is 12.0. The van der Waals surface area contributed by atoms with Crippen molar-refractivity contribution in [1.29, 1.82) is 0 Å². The summed E-state index contributed by atoms with van der Waals surface area (Å²) in [6.07, 6.45) is 0. The first-order valence-corrected chi connectivity index (χ1v) is 7.78. The van der Waals surface area contributed by atoms with E-state index in [9.17, 15) is 9.59 Å². The van der Waals surface area contributed by atoms with Crippen LogP contribution in [0.5, 0.6) is 11.5 Å². The fourth-order valence-electron chi connectivity index (χ4n) is 2.28. The van der Waals surface area contributed by atoms with Crippen molar-refractivity contribution in [1.82, 2.24) is 5.32 Å². The molecular formula is C19H21NO5. The second-order valence-corrected chi connectivity index (χ2v) is 5.34. The molecule has 0 fully saturated rings. The minimum absolute atomic E-state index is 0.219. The van der Waals surface area contributed by atoms with Crippen LogP contribution in [-0.2, 0) is 9.53 Å². The molecule has 0 aliphatic carbocycles. The zero-order chi connectivity index (χ0) is 18.2. The van der Waals surface area contributed by atoms with Crippen LogP contribution in [-0.4, -0.2) is 32.7 Å². The first-order valence-electron chi connectivity index (χ1n) is 7.78. The van der Waals surface area contributed by atoms with Crippen molar-refractivity contribution < 1.29 is 23.8 Å². The smallest absolute Gasteiger partial charge is 0.342 e. The molecule has 0 aliphatic rings. The van der Waals surface area contributed by atoms with E-state index >= 15 is 0 Å². The fraction of sp³-hybridized carbons (Fsp3) is 0.263. The highest BCUT2D eigenvalue weighted by molar-refractivity contribution is 5.94. The minimum atomic E-state index is -0.607. The van der Waals surface area contributed by atoms with E-state index in [4.69, 9.17) is 14.2 Å². The zero-order valence-corrected chi connectivity index (χ0v) is 14.4. The van der Waals surface area contributed by atoms with Gasteiger partial charge in [0.1, 0.15) is 17.1 Å². The van der Waals surface area contributed by atoms with Gasteiger partial charge in [0.2, 0.25) is 0 Å². The van der Waals surface area contributed by atoms with E-state index in [0.29, 0.717) is 5.75 Å². The highest BCUT2D eigenvalue weighted by Gasteiger charge is 2.16. The average Bonchev–Trinajstić information content (AvgIpc) is 2.66. The summed E-state index contributed by atoms with van der Waals surface area (Å²) in [5.41, 5.74) is 1.20. The number of amides is 1. The molecule has 2 rings (SSSR count). The maximum atomic E-state index is 12.1. The predicted octanol–water partition coefficient (Wildman–Crippen LogP) is 2.74. The van der Waals surface area contributed by atoms with Crippen molar-refractivity contribution in [3.05, 3.63) is 59.7 Å². The fourth-order valence-corrected chi connectivity index (χ4v) is 2.28. The number of para-hydroxylation sites is 1. The van der Waals surface area contributed by atoms with E-state index in [-0.39, 0.29) is 24.1 Å². The largest absolute Gasteiger partial charge is 0.497 e. The Balaban J connectivity index is 1.88. The van der Waals surface area contributed by atoms with Gasteiger partial charge in [-0.25, -0.2) is 4.79 Å². The molecule has 0 aliphatic heterocycles.